The van der Waals surface area contributed by atoms with Crippen LogP contribution < -0.4 is 10.1 Å². The quantitative estimate of drug-likeness (QED) is 0.710. The van der Waals surface area contributed by atoms with E-state index in [0.29, 0.717) is 18.1 Å². The molecule has 0 aromatic carbocycles. The van der Waals surface area contributed by atoms with Crippen LogP contribution in [0.25, 0.3) is 11.0 Å². The molecule has 3 aromatic heterocycles. The number of rotatable bonds is 5. The van der Waals surface area contributed by atoms with Gasteiger partial charge in [-0.1, -0.05) is 6.07 Å². The number of fused-ring (bicyclic) bond motifs is 1. The lowest BCUT2D eigenvalue weighted by atomic mass is 10.1. The van der Waals surface area contributed by atoms with Crippen molar-refractivity contribution in [3.8, 4) is 5.88 Å². The van der Waals surface area contributed by atoms with Gasteiger partial charge in [0.2, 0.25) is 5.88 Å². The number of pyridine rings is 2. The number of nitrogens with zero attached hydrogens (tertiary/aromatic N) is 3. The molecule has 6 nitrogen and oxygen atoms in total. The molecule has 25 heavy (non-hydrogen) atoms. The van der Waals surface area contributed by atoms with E-state index < -0.39 is 5.54 Å². The number of ether oxygens (including phenoxy) is 1. The third-order valence-electron chi connectivity index (χ3n) is 3.70. The molecule has 0 radical (unpaired) electrons. The molecule has 0 atom stereocenters. The molecule has 130 valence electrons. The van der Waals surface area contributed by atoms with Crippen LogP contribution in [0.15, 0.2) is 47.3 Å². The third kappa shape index (κ3) is 3.99. The Hall–Kier alpha value is -2.41. The second-order valence-corrected chi connectivity index (χ2v) is 7.33. The molecule has 3 rings (SSSR count). The van der Waals surface area contributed by atoms with Crippen LogP contribution >= 0.6 is 15.9 Å². The summed E-state index contributed by atoms with van der Waals surface area (Å²) in [6.45, 7) is 4.11. The minimum atomic E-state index is -0.558. The lowest BCUT2D eigenvalue weighted by Gasteiger charge is -2.26. The lowest BCUT2D eigenvalue weighted by Crippen LogP contribution is -2.47. The standard InChI is InChI=1S/C18H19BrN4O2/c1-18(2,11-25-15-6-4-5-7-20-15)22-17(24)12-8-13-14(19)10-23(3)16(13)21-9-12/h4-10H,11H2,1-3H3,(H,22,24). The van der Waals surface area contributed by atoms with Crippen molar-refractivity contribution in [2.24, 2.45) is 7.05 Å². The molecule has 0 bridgehead atoms. The SMILES string of the molecule is Cn1cc(Br)c2cc(C(=O)NC(C)(C)COc3ccccn3)cnc21. The van der Waals surface area contributed by atoms with Gasteiger partial charge in [-0.05, 0) is 41.9 Å². The second-order valence-electron chi connectivity index (χ2n) is 6.48. The van der Waals surface area contributed by atoms with E-state index in [2.05, 4.69) is 31.2 Å². The number of aromatic nitrogens is 3. The Labute approximate surface area is 154 Å². The van der Waals surface area contributed by atoms with E-state index in [1.807, 2.05) is 49.9 Å². The fourth-order valence-electron chi connectivity index (χ4n) is 2.44. The number of carbonyl (C=O) groups is 1. The molecule has 3 aromatic rings. The number of amides is 1. The number of aryl methyl sites for hydroxylation is 1. The Morgan fingerprint density at radius 2 is 2.16 bits per heavy atom. The summed E-state index contributed by atoms with van der Waals surface area (Å²) in [4.78, 5) is 21.1. The van der Waals surface area contributed by atoms with Crippen LogP contribution in [0.2, 0.25) is 0 Å². The van der Waals surface area contributed by atoms with Crippen molar-refractivity contribution in [3.63, 3.8) is 0 Å². The number of nitrogens with one attached hydrogen (secondary N) is 1. The van der Waals surface area contributed by atoms with Gasteiger partial charge in [-0.25, -0.2) is 9.97 Å². The first-order chi connectivity index (χ1) is 11.9. The van der Waals surface area contributed by atoms with Crippen molar-refractivity contribution in [2.45, 2.75) is 19.4 Å². The van der Waals surface area contributed by atoms with Gasteiger partial charge in [-0.3, -0.25) is 4.79 Å². The van der Waals surface area contributed by atoms with E-state index in [-0.39, 0.29) is 5.91 Å². The van der Waals surface area contributed by atoms with Crippen molar-refractivity contribution in [1.82, 2.24) is 19.9 Å². The Balaban J connectivity index is 1.71. The van der Waals surface area contributed by atoms with Crippen LogP contribution in [-0.2, 0) is 7.05 Å². The van der Waals surface area contributed by atoms with Crippen LogP contribution in [0.5, 0.6) is 5.88 Å². The molecule has 1 amide bonds. The minimum absolute atomic E-state index is 0.195. The van der Waals surface area contributed by atoms with Gasteiger partial charge >= 0.3 is 0 Å². The summed E-state index contributed by atoms with van der Waals surface area (Å²) in [5.41, 5.74) is 0.767. The van der Waals surface area contributed by atoms with Gasteiger partial charge in [0.1, 0.15) is 12.3 Å². The van der Waals surface area contributed by atoms with Crippen LogP contribution in [0.4, 0.5) is 0 Å². The van der Waals surface area contributed by atoms with Gasteiger partial charge in [0.05, 0.1) is 11.1 Å². The maximum absolute atomic E-state index is 12.6. The monoisotopic (exact) mass is 402 g/mol. The molecule has 0 saturated heterocycles. The molecule has 0 spiro atoms. The van der Waals surface area contributed by atoms with Crippen molar-refractivity contribution in [3.05, 3.63) is 52.9 Å². The number of hydrogen-bond acceptors (Lipinski definition) is 4. The summed E-state index contributed by atoms with van der Waals surface area (Å²) in [6, 6.07) is 7.29. The van der Waals surface area contributed by atoms with Gasteiger partial charge in [0, 0.05) is 41.6 Å². The normalized spacial score (nSPS) is 11.5. The lowest BCUT2D eigenvalue weighted by molar-refractivity contribution is 0.0878. The van der Waals surface area contributed by atoms with Crippen molar-refractivity contribution in [1.29, 1.82) is 0 Å². The van der Waals surface area contributed by atoms with Gasteiger partial charge in [-0.15, -0.1) is 0 Å². The molecule has 0 aliphatic carbocycles. The second kappa shape index (κ2) is 6.84. The first-order valence-corrected chi connectivity index (χ1v) is 8.62. The van der Waals surface area contributed by atoms with Crippen LogP contribution in [0.1, 0.15) is 24.2 Å². The predicted molar refractivity (Wildman–Crippen MR) is 99.7 cm³/mol. The zero-order valence-corrected chi connectivity index (χ0v) is 15.9. The van der Waals surface area contributed by atoms with Crippen LogP contribution in [0, 0.1) is 0 Å². The summed E-state index contributed by atoms with van der Waals surface area (Å²) >= 11 is 3.49. The molecular weight excluding hydrogens is 384 g/mol. The van der Waals surface area contributed by atoms with Gasteiger partial charge in [0.15, 0.2) is 0 Å². The summed E-state index contributed by atoms with van der Waals surface area (Å²) in [5.74, 6) is 0.334. The van der Waals surface area contributed by atoms with Crippen molar-refractivity contribution in [2.75, 3.05) is 6.61 Å². The first-order valence-electron chi connectivity index (χ1n) is 7.83. The van der Waals surface area contributed by atoms with Gasteiger partial charge in [-0.2, -0.15) is 0 Å². The molecule has 0 aliphatic heterocycles. The fourth-order valence-corrected chi connectivity index (χ4v) is 3.04. The summed E-state index contributed by atoms with van der Waals surface area (Å²) < 4.78 is 8.46. The Kier molecular flexibility index (Phi) is 4.76. The minimum Gasteiger partial charge on any atom is -0.475 e. The Morgan fingerprint density at radius 1 is 1.36 bits per heavy atom. The third-order valence-corrected chi connectivity index (χ3v) is 4.33. The molecule has 0 saturated carbocycles. The highest BCUT2D eigenvalue weighted by molar-refractivity contribution is 9.10. The Morgan fingerprint density at radius 3 is 2.88 bits per heavy atom. The van der Waals surface area contributed by atoms with Crippen molar-refractivity contribution < 1.29 is 9.53 Å². The van der Waals surface area contributed by atoms with E-state index >= 15 is 0 Å². The Bertz CT molecular complexity index is 906. The predicted octanol–water partition coefficient (Wildman–Crippen LogP) is 3.32. The average molecular weight is 403 g/mol. The number of carbonyl (C=O) groups excluding carboxylic acids is 1. The van der Waals surface area contributed by atoms with Crippen LogP contribution in [-0.4, -0.2) is 32.6 Å². The molecule has 0 fully saturated rings. The molecule has 3 heterocycles. The highest BCUT2D eigenvalue weighted by Gasteiger charge is 2.23. The molecular formula is C18H19BrN4O2. The summed E-state index contributed by atoms with van der Waals surface area (Å²) in [6.07, 6.45) is 5.17. The maximum atomic E-state index is 12.6. The van der Waals surface area contributed by atoms with E-state index in [0.717, 1.165) is 15.5 Å². The highest BCUT2D eigenvalue weighted by Crippen LogP contribution is 2.25. The molecule has 7 heteroatoms. The largest absolute Gasteiger partial charge is 0.475 e. The molecule has 1 N–H and O–H groups in total. The smallest absolute Gasteiger partial charge is 0.253 e. The number of halogens is 1. The average Bonchev–Trinajstić information content (AvgIpc) is 2.87. The summed E-state index contributed by atoms with van der Waals surface area (Å²) in [7, 11) is 1.91. The first kappa shape index (κ1) is 17.4. The van der Waals surface area contributed by atoms with E-state index in [1.54, 1.807) is 18.5 Å². The van der Waals surface area contributed by atoms with Crippen molar-refractivity contribution >= 4 is 32.9 Å². The van der Waals surface area contributed by atoms with Gasteiger partial charge < -0.3 is 14.6 Å². The fraction of sp³-hybridized carbons (Fsp3) is 0.278. The topological polar surface area (TPSA) is 69.0 Å². The van der Waals surface area contributed by atoms with E-state index in [4.69, 9.17) is 4.74 Å². The van der Waals surface area contributed by atoms with Gasteiger partial charge in [0.25, 0.3) is 5.91 Å². The number of hydrogen-bond donors (Lipinski definition) is 1. The summed E-state index contributed by atoms with van der Waals surface area (Å²) in [5, 5.41) is 3.88. The van der Waals surface area contributed by atoms with E-state index in [9.17, 15) is 4.79 Å². The zero-order chi connectivity index (χ0) is 18.0. The van der Waals surface area contributed by atoms with Crippen LogP contribution in [0.3, 0.4) is 0 Å². The molecule has 0 unspecified atom stereocenters. The maximum Gasteiger partial charge on any atom is 0.253 e. The zero-order valence-electron chi connectivity index (χ0n) is 14.3. The highest BCUT2D eigenvalue weighted by atomic mass is 79.9. The molecule has 0 aliphatic rings. The van der Waals surface area contributed by atoms with E-state index in [1.165, 1.54) is 0 Å².